The Morgan fingerprint density at radius 1 is 1.36 bits per heavy atom. The number of aromatic nitrogens is 1. The van der Waals surface area contributed by atoms with Crippen LogP contribution in [0.5, 0.6) is 5.75 Å². The normalized spacial score (nSPS) is 16.1. The van der Waals surface area contributed by atoms with Gasteiger partial charge in [-0.15, -0.1) is 0 Å². The molecule has 1 aromatic heterocycles. The van der Waals surface area contributed by atoms with E-state index in [0.29, 0.717) is 4.90 Å². The van der Waals surface area contributed by atoms with Crippen molar-refractivity contribution < 1.29 is 33.1 Å². The molecule has 0 fully saturated rings. The van der Waals surface area contributed by atoms with Crippen LogP contribution in [-0.2, 0) is 0 Å². The van der Waals surface area contributed by atoms with Crippen LogP contribution in [0.2, 0.25) is 0 Å². The summed E-state index contributed by atoms with van der Waals surface area (Å²) >= 11 is 0. The van der Waals surface area contributed by atoms with E-state index in [9.17, 15) is 27.9 Å². The number of aromatic hydroxyl groups is 1. The first kappa shape index (κ1) is 16.2. The number of carbonyl (C=O) groups excluding carboxylic acids is 1. The average Bonchev–Trinajstić information content (AvgIpc) is 2.40. The van der Waals surface area contributed by atoms with Gasteiger partial charge in [0.05, 0.1) is 5.46 Å². The summed E-state index contributed by atoms with van der Waals surface area (Å²) in [5, 5.41) is 27.7. The first-order chi connectivity index (χ1) is 10.1. The van der Waals surface area contributed by atoms with Crippen LogP contribution in [0.3, 0.4) is 0 Å². The highest BCUT2D eigenvalue weighted by Crippen LogP contribution is 2.27. The number of pyridine rings is 1. The van der Waals surface area contributed by atoms with Gasteiger partial charge in [0, 0.05) is 6.20 Å². The van der Waals surface area contributed by atoms with Crippen LogP contribution in [0.1, 0.15) is 17.4 Å². The third kappa shape index (κ3) is 2.50. The summed E-state index contributed by atoms with van der Waals surface area (Å²) in [5.41, 5.74) is -0.229. The predicted octanol–water partition coefficient (Wildman–Crippen LogP) is -1.86. The quantitative estimate of drug-likeness (QED) is 0.475. The third-order valence-corrected chi connectivity index (χ3v) is 3.30. The van der Waals surface area contributed by atoms with Crippen molar-refractivity contribution in [3.8, 4) is 5.75 Å². The Hall–Kier alpha value is -2.21. The smallest absolute Gasteiger partial charge is 0.494 e. The lowest BCUT2D eigenvalue weighted by Gasteiger charge is -2.36. The molecule has 0 saturated carbocycles. The van der Waals surface area contributed by atoms with E-state index in [1.54, 1.807) is 0 Å². The van der Waals surface area contributed by atoms with Gasteiger partial charge >= 0.3 is 13.3 Å². The molecule has 0 aromatic carbocycles. The molecule has 0 bridgehead atoms. The number of nitrogens with zero attached hydrogens (tertiary/aromatic N) is 2. The molecule has 0 radical (unpaired) electrons. The summed E-state index contributed by atoms with van der Waals surface area (Å²) in [6, 6.07) is -2.14. The fraction of sp³-hybridized carbons (Fsp3) is 0.400. The molecular weight excluding hydrogens is 310 g/mol. The summed E-state index contributed by atoms with van der Waals surface area (Å²) in [4.78, 5) is 24.2. The van der Waals surface area contributed by atoms with Gasteiger partial charge in [-0.25, -0.2) is 0 Å². The SMILES string of the molecule is C[C@@H](N1CNn2cc(B(O)O)c(=O)c(O)c2C1=O)C(F)(F)F. The van der Waals surface area contributed by atoms with Gasteiger partial charge < -0.3 is 25.5 Å². The van der Waals surface area contributed by atoms with Gasteiger partial charge in [0.15, 0.2) is 11.4 Å². The average molecular weight is 321 g/mol. The van der Waals surface area contributed by atoms with E-state index in [0.717, 1.165) is 17.8 Å². The zero-order valence-electron chi connectivity index (χ0n) is 11.1. The molecule has 1 atom stereocenters. The number of hydrogen-bond acceptors (Lipinski definition) is 6. The van der Waals surface area contributed by atoms with Crippen LogP contribution in [-0.4, -0.2) is 56.6 Å². The lowest BCUT2D eigenvalue weighted by molar-refractivity contribution is -0.172. The second-order valence-corrected chi connectivity index (χ2v) is 4.66. The highest BCUT2D eigenvalue weighted by atomic mass is 19.4. The van der Waals surface area contributed by atoms with Gasteiger partial charge in [0.25, 0.3) is 5.91 Å². The molecule has 1 aliphatic rings. The van der Waals surface area contributed by atoms with Crippen molar-refractivity contribution in [2.45, 2.75) is 19.1 Å². The van der Waals surface area contributed by atoms with E-state index in [2.05, 4.69) is 5.43 Å². The molecule has 2 heterocycles. The van der Waals surface area contributed by atoms with Crippen molar-refractivity contribution in [2.75, 3.05) is 12.1 Å². The van der Waals surface area contributed by atoms with Crippen LogP contribution in [0.25, 0.3) is 0 Å². The molecule has 1 aliphatic heterocycles. The minimum absolute atomic E-state index is 0.392. The first-order valence-electron chi connectivity index (χ1n) is 6.02. The largest absolute Gasteiger partial charge is 0.503 e. The van der Waals surface area contributed by atoms with Gasteiger partial charge in [0.1, 0.15) is 12.7 Å². The van der Waals surface area contributed by atoms with Crippen LogP contribution in [0.4, 0.5) is 13.2 Å². The topological polar surface area (TPSA) is 115 Å². The van der Waals surface area contributed by atoms with E-state index >= 15 is 0 Å². The van der Waals surface area contributed by atoms with Gasteiger partial charge in [-0.05, 0) is 6.92 Å². The van der Waals surface area contributed by atoms with E-state index in [1.807, 2.05) is 0 Å². The molecule has 1 amide bonds. The number of halogens is 3. The maximum Gasteiger partial charge on any atom is 0.494 e. The highest BCUT2D eigenvalue weighted by molar-refractivity contribution is 6.58. The Morgan fingerprint density at radius 2 is 1.95 bits per heavy atom. The van der Waals surface area contributed by atoms with E-state index in [4.69, 9.17) is 10.0 Å². The van der Waals surface area contributed by atoms with E-state index in [-0.39, 0.29) is 0 Å². The van der Waals surface area contributed by atoms with Gasteiger partial charge in [-0.1, -0.05) is 0 Å². The van der Waals surface area contributed by atoms with E-state index in [1.165, 1.54) is 0 Å². The monoisotopic (exact) mass is 321 g/mol. The number of carbonyl (C=O) groups is 1. The van der Waals surface area contributed by atoms with Crippen molar-refractivity contribution in [1.29, 1.82) is 0 Å². The third-order valence-electron chi connectivity index (χ3n) is 3.30. The first-order valence-corrected chi connectivity index (χ1v) is 6.02. The Kier molecular flexibility index (Phi) is 3.83. The van der Waals surface area contributed by atoms with Crippen molar-refractivity contribution in [2.24, 2.45) is 0 Å². The van der Waals surface area contributed by atoms with Crippen LogP contribution >= 0.6 is 0 Å². The maximum atomic E-state index is 12.7. The fourth-order valence-corrected chi connectivity index (χ4v) is 1.98. The molecule has 4 N–H and O–H groups in total. The summed E-state index contributed by atoms with van der Waals surface area (Å²) in [6.45, 7) is 0.214. The number of nitrogens with one attached hydrogen (secondary N) is 1. The Bertz CT molecular complexity index is 675. The number of fused-ring (bicyclic) bond motifs is 1. The van der Waals surface area contributed by atoms with Crippen LogP contribution < -0.4 is 16.3 Å². The number of alkyl halides is 3. The minimum atomic E-state index is -4.68. The zero-order chi connectivity index (χ0) is 16.8. The molecular formula is C10H11BF3N3O5. The van der Waals surface area contributed by atoms with Crippen LogP contribution in [0.15, 0.2) is 11.0 Å². The number of rotatable bonds is 2. The summed E-state index contributed by atoms with van der Waals surface area (Å²) in [6.07, 6.45) is -3.85. The summed E-state index contributed by atoms with van der Waals surface area (Å²) in [5.74, 6) is -2.38. The van der Waals surface area contributed by atoms with Crippen molar-refractivity contribution in [1.82, 2.24) is 9.58 Å². The van der Waals surface area contributed by atoms with E-state index < -0.39 is 54.2 Å². The number of amides is 1. The second kappa shape index (κ2) is 5.21. The molecule has 0 unspecified atom stereocenters. The lowest BCUT2D eigenvalue weighted by atomic mass is 9.81. The minimum Gasteiger partial charge on any atom is -0.503 e. The fourth-order valence-electron chi connectivity index (χ4n) is 1.98. The highest BCUT2D eigenvalue weighted by Gasteiger charge is 2.45. The molecule has 120 valence electrons. The summed E-state index contributed by atoms with van der Waals surface area (Å²) in [7, 11) is -2.21. The molecule has 1 aromatic rings. The number of hydrogen-bond donors (Lipinski definition) is 4. The Balaban J connectivity index is 2.52. The standard InChI is InChI=1S/C10H11BF3N3O5/c1-4(10(12,13)14)16-3-15-17-2-5(11(21)22)7(18)8(19)6(17)9(16)20/h2,4,15,19,21-22H,3H2,1H3/t4-/m1/s1. The van der Waals surface area contributed by atoms with Crippen molar-refractivity contribution >= 4 is 18.5 Å². The maximum absolute atomic E-state index is 12.7. The molecule has 2 rings (SSSR count). The summed E-state index contributed by atoms with van der Waals surface area (Å²) < 4.78 is 38.9. The van der Waals surface area contributed by atoms with Gasteiger partial charge in [0.2, 0.25) is 5.43 Å². The van der Waals surface area contributed by atoms with Gasteiger partial charge in [-0.3, -0.25) is 14.3 Å². The Labute approximate surface area is 121 Å². The molecule has 0 spiro atoms. The van der Waals surface area contributed by atoms with Crippen molar-refractivity contribution in [3.05, 3.63) is 22.1 Å². The van der Waals surface area contributed by atoms with Gasteiger partial charge in [-0.2, -0.15) is 13.2 Å². The molecule has 0 saturated heterocycles. The van der Waals surface area contributed by atoms with Crippen molar-refractivity contribution in [3.63, 3.8) is 0 Å². The predicted molar refractivity (Wildman–Crippen MR) is 68.1 cm³/mol. The molecule has 8 nitrogen and oxygen atoms in total. The zero-order valence-corrected chi connectivity index (χ0v) is 11.1. The molecule has 0 aliphatic carbocycles. The lowest BCUT2D eigenvalue weighted by Crippen LogP contribution is -2.56. The molecule has 12 heteroatoms. The second-order valence-electron chi connectivity index (χ2n) is 4.66. The molecule has 22 heavy (non-hydrogen) atoms. The Morgan fingerprint density at radius 3 is 2.45 bits per heavy atom. The van der Waals surface area contributed by atoms with Crippen LogP contribution in [0, 0.1) is 0 Å².